The van der Waals surface area contributed by atoms with E-state index in [1.165, 1.54) is 0 Å². The van der Waals surface area contributed by atoms with Gasteiger partial charge >= 0.3 is 5.97 Å². The van der Waals surface area contributed by atoms with E-state index in [1.807, 2.05) is 6.92 Å². The van der Waals surface area contributed by atoms with Crippen molar-refractivity contribution in [1.29, 1.82) is 0 Å². The van der Waals surface area contributed by atoms with Crippen LogP contribution < -0.4 is 5.32 Å². The summed E-state index contributed by atoms with van der Waals surface area (Å²) in [6, 6.07) is -0.773. The quantitative estimate of drug-likeness (QED) is 0.756. The Bertz CT molecular complexity index is 274. The summed E-state index contributed by atoms with van der Waals surface area (Å²) in [6.07, 6.45) is 2.15. The molecule has 1 aliphatic rings. The molecule has 0 radical (unpaired) electrons. The van der Waals surface area contributed by atoms with E-state index < -0.39 is 12.0 Å². The van der Waals surface area contributed by atoms with Crippen LogP contribution in [0.5, 0.6) is 0 Å². The summed E-state index contributed by atoms with van der Waals surface area (Å²) in [6.45, 7) is 4.99. The molecule has 2 atom stereocenters. The molecule has 17 heavy (non-hydrogen) atoms. The number of rotatable bonds is 5. The lowest BCUT2D eigenvalue weighted by Gasteiger charge is -2.27. The second-order valence-corrected chi connectivity index (χ2v) is 4.55. The van der Waals surface area contributed by atoms with Gasteiger partial charge in [-0.2, -0.15) is 0 Å². The number of ether oxygens (including phenoxy) is 1. The van der Waals surface area contributed by atoms with Gasteiger partial charge < -0.3 is 15.2 Å². The molecule has 2 N–H and O–H groups in total. The molecule has 5 heteroatoms. The van der Waals surface area contributed by atoms with Crippen molar-refractivity contribution in [1.82, 2.24) is 5.32 Å². The molecule has 1 fully saturated rings. The summed E-state index contributed by atoms with van der Waals surface area (Å²) in [5.74, 6) is -0.978. The van der Waals surface area contributed by atoms with Crippen LogP contribution in [-0.4, -0.2) is 36.2 Å². The average molecular weight is 243 g/mol. The van der Waals surface area contributed by atoms with Crippen LogP contribution in [0.15, 0.2) is 0 Å². The van der Waals surface area contributed by atoms with Gasteiger partial charge in [0.2, 0.25) is 5.91 Å². The molecule has 1 heterocycles. The minimum absolute atomic E-state index is 0.146. The fourth-order valence-corrected chi connectivity index (χ4v) is 2.07. The van der Waals surface area contributed by atoms with E-state index in [0.717, 1.165) is 12.8 Å². The van der Waals surface area contributed by atoms with E-state index in [4.69, 9.17) is 9.84 Å². The summed E-state index contributed by atoms with van der Waals surface area (Å²) in [7, 11) is 0. The fourth-order valence-electron chi connectivity index (χ4n) is 2.07. The van der Waals surface area contributed by atoms with E-state index in [9.17, 15) is 9.59 Å². The minimum atomic E-state index is -0.972. The van der Waals surface area contributed by atoms with E-state index in [0.29, 0.717) is 25.6 Å². The van der Waals surface area contributed by atoms with Gasteiger partial charge in [0.1, 0.15) is 6.04 Å². The van der Waals surface area contributed by atoms with Crippen molar-refractivity contribution in [2.45, 2.75) is 39.2 Å². The fraction of sp³-hybridized carbons (Fsp3) is 0.833. The standard InChI is InChI=1S/C12H21NO4/c1-3-10(12(15)16)13-11(14)8(2)9-4-6-17-7-5-9/h8-10H,3-7H2,1-2H3,(H,13,14)(H,15,16). The summed E-state index contributed by atoms with van der Waals surface area (Å²) in [5.41, 5.74) is 0. The Kier molecular flexibility index (Phi) is 5.41. The Morgan fingerprint density at radius 3 is 2.47 bits per heavy atom. The predicted octanol–water partition coefficient (Wildman–Crippen LogP) is 1.03. The molecule has 0 spiro atoms. The topological polar surface area (TPSA) is 75.6 Å². The average Bonchev–Trinajstić information content (AvgIpc) is 2.35. The number of hydrogen-bond acceptors (Lipinski definition) is 3. The van der Waals surface area contributed by atoms with E-state index >= 15 is 0 Å². The Balaban J connectivity index is 2.47. The molecule has 98 valence electrons. The van der Waals surface area contributed by atoms with Gasteiger partial charge in [-0.25, -0.2) is 4.79 Å². The molecule has 0 bridgehead atoms. The zero-order valence-corrected chi connectivity index (χ0v) is 10.4. The van der Waals surface area contributed by atoms with Crippen LogP contribution in [0.1, 0.15) is 33.1 Å². The number of hydrogen-bond donors (Lipinski definition) is 2. The highest BCUT2D eigenvalue weighted by atomic mass is 16.5. The van der Waals surface area contributed by atoms with Crippen molar-refractivity contribution in [2.24, 2.45) is 11.8 Å². The third kappa shape index (κ3) is 4.00. The number of aliphatic carboxylic acids is 1. The highest BCUT2D eigenvalue weighted by Gasteiger charge is 2.28. The lowest BCUT2D eigenvalue weighted by atomic mass is 9.86. The zero-order chi connectivity index (χ0) is 12.8. The largest absolute Gasteiger partial charge is 0.480 e. The normalized spacial score (nSPS) is 20.6. The zero-order valence-electron chi connectivity index (χ0n) is 10.4. The summed E-state index contributed by atoms with van der Waals surface area (Å²) in [4.78, 5) is 22.7. The lowest BCUT2D eigenvalue weighted by Crippen LogP contribution is -2.44. The second kappa shape index (κ2) is 6.59. The molecule has 0 aromatic rings. The van der Waals surface area contributed by atoms with Gasteiger partial charge in [0.05, 0.1) is 0 Å². The number of carboxylic acids is 1. The van der Waals surface area contributed by atoms with Gasteiger partial charge in [0.25, 0.3) is 0 Å². The monoisotopic (exact) mass is 243 g/mol. The molecule has 1 rings (SSSR count). The Hall–Kier alpha value is -1.10. The van der Waals surface area contributed by atoms with Crippen LogP contribution in [0.2, 0.25) is 0 Å². The third-order valence-electron chi connectivity index (χ3n) is 3.41. The molecular weight excluding hydrogens is 222 g/mol. The predicted molar refractivity (Wildman–Crippen MR) is 62.6 cm³/mol. The van der Waals surface area contributed by atoms with E-state index in [-0.39, 0.29) is 11.8 Å². The van der Waals surface area contributed by atoms with Crippen molar-refractivity contribution >= 4 is 11.9 Å². The highest BCUT2D eigenvalue weighted by Crippen LogP contribution is 2.23. The van der Waals surface area contributed by atoms with Gasteiger partial charge in [-0.3, -0.25) is 4.79 Å². The molecular formula is C12H21NO4. The second-order valence-electron chi connectivity index (χ2n) is 4.55. The maximum atomic E-state index is 11.9. The lowest BCUT2D eigenvalue weighted by molar-refractivity contribution is -0.143. The third-order valence-corrected chi connectivity index (χ3v) is 3.41. The van der Waals surface area contributed by atoms with Gasteiger partial charge in [0.15, 0.2) is 0 Å². The SMILES string of the molecule is CCC(NC(=O)C(C)C1CCOCC1)C(=O)O. The van der Waals surface area contributed by atoms with Gasteiger partial charge in [-0.05, 0) is 25.2 Å². The first-order chi connectivity index (χ1) is 8.06. The first kappa shape index (κ1) is 14.0. The molecule has 5 nitrogen and oxygen atoms in total. The molecule has 0 saturated carbocycles. The van der Waals surface area contributed by atoms with Crippen molar-refractivity contribution in [2.75, 3.05) is 13.2 Å². The van der Waals surface area contributed by atoms with Crippen molar-refractivity contribution < 1.29 is 19.4 Å². The van der Waals surface area contributed by atoms with Crippen LogP contribution in [-0.2, 0) is 14.3 Å². The van der Waals surface area contributed by atoms with Crippen LogP contribution in [0.4, 0.5) is 0 Å². The Labute approximate surface area is 102 Å². The summed E-state index contributed by atoms with van der Waals surface area (Å²) in [5, 5.41) is 11.5. The summed E-state index contributed by atoms with van der Waals surface area (Å²) >= 11 is 0. The van der Waals surface area contributed by atoms with Crippen molar-refractivity contribution in [3.63, 3.8) is 0 Å². The molecule has 0 aliphatic carbocycles. The van der Waals surface area contributed by atoms with Gasteiger partial charge in [0, 0.05) is 19.1 Å². The van der Waals surface area contributed by atoms with Crippen LogP contribution in [0.3, 0.4) is 0 Å². The van der Waals surface area contributed by atoms with Crippen LogP contribution in [0, 0.1) is 11.8 Å². The number of carbonyl (C=O) groups excluding carboxylic acids is 1. The van der Waals surface area contributed by atoms with E-state index in [1.54, 1.807) is 6.92 Å². The molecule has 0 aromatic heterocycles. The minimum Gasteiger partial charge on any atom is -0.480 e. The first-order valence-electron chi connectivity index (χ1n) is 6.17. The van der Waals surface area contributed by atoms with Crippen LogP contribution >= 0.6 is 0 Å². The molecule has 2 unspecified atom stereocenters. The van der Waals surface area contributed by atoms with Crippen molar-refractivity contribution in [3.05, 3.63) is 0 Å². The summed E-state index contributed by atoms with van der Waals surface area (Å²) < 4.78 is 5.24. The first-order valence-corrected chi connectivity index (χ1v) is 6.17. The van der Waals surface area contributed by atoms with Crippen LogP contribution in [0.25, 0.3) is 0 Å². The Morgan fingerprint density at radius 2 is 2.00 bits per heavy atom. The maximum absolute atomic E-state index is 11.9. The number of amides is 1. The Morgan fingerprint density at radius 1 is 1.41 bits per heavy atom. The van der Waals surface area contributed by atoms with Crippen molar-refractivity contribution in [3.8, 4) is 0 Å². The highest BCUT2D eigenvalue weighted by molar-refractivity contribution is 5.84. The number of carbonyl (C=O) groups is 2. The molecule has 1 saturated heterocycles. The number of carboxylic acid groups (broad SMARTS) is 1. The molecule has 1 amide bonds. The van der Waals surface area contributed by atoms with Gasteiger partial charge in [-0.15, -0.1) is 0 Å². The molecule has 0 aromatic carbocycles. The smallest absolute Gasteiger partial charge is 0.326 e. The van der Waals surface area contributed by atoms with E-state index in [2.05, 4.69) is 5.32 Å². The van der Waals surface area contributed by atoms with Gasteiger partial charge in [-0.1, -0.05) is 13.8 Å². The maximum Gasteiger partial charge on any atom is 0.326 e. The molecule has 1 aliphatic heterocycles. The number of nitrogens with one attached hydrogen (secondary N) is 1.